The Morgan fingerprint density at radius 2 is 2.06 bits per heavy atom. The first-order valence-electron chi connectivity index (χ1n) is 6.99. The molecule has 0 aromatic carbocycles. The van der Waals surface area contributed by atoms with Gasteiger partial charge in [0.1, 0.15) is 6.61 Å². The monoisotopic (exact) mass is 254 g/mol. The molecule has 0 bridgehead atoms. The number of aliphatic imine (C=N–C) groups is 1. The summed E-state index contributed by atoms with van der Waals surface area (Å²) in [7, 11) is 0. The van der Waals surface area contributed by atoms with E-state index < -0.39 is 0 Å². The Hall–Kier alpha value is -0.830. The van der Waals surface area contributed by atoms with E-state index in [-0.39, 0.29) is 5.54 Å². The van der Waals surface area contributed by atoms with Crippen molar-refractivity contribution in [2.75, 3.05) is 26.2 Å². The SMILES string of the molecule is C=C(C)CN(CC)C(C)(CC)CO/C=N/CCC. The number of nitrogens with zero attached hydrogens (tertiary/aromatic N) is 2. The molecule has 0 radical (unpaired) electrons. The number of ether oxygens (including phenoxy) is 1. The lowest BCUT2D eigenvalue weighted by Crippen LogP contribution is -2.49. The highest BCUT2D eigenvalue weighted by Crippen LogP contribution is 2.20. The highest BCUT2D eigenvalue weighted by Gasteiger charge is 2.29. The van der Waals surface area contributed by atoms with Crippen LogP contribution < -0.4 is 0 Å². The van der Waals surface area contributed by atoms with E-state index in [0.717, 1.165) is 32.5 Å². The standard InChI is InChI=1S/C15H30N2O/c1-7-10-16-13-18-12-15(6,8-2)17(9-3)11-14(4)5/h13H,4,7-12H2,1-3,5-6H3/b16-13+. The quantitative estimate of drug-likeness (QED) is 0.338. The van der Waals surface area contributed by atoms with Crippen LogP contribution in [0.25, 0.3) is 0 Å². The van der Waals surface area contributed by atoms with Gasteiger partial charge in [0.2, 0.25) is 0 Å². The van der Waals surface area contributed by atoms with E-state index in [1.165, 1.54) is 5.57 Å². The van der Waals surface area contributed by atoms with Crippen LogP contribution in [-0.4, -0.2) is 43.1 Å². The Balaban J connectivity index is 4.41. The lowest BCUT2D eigenvalue weighted by atomic mass is 9.97. The van der Waals surface area contributed by atoms with Crippen molar-refractivity contribution in [1.82, 2.24) is 4.90 Å². The van der Waals surface area contributed by atoms with Crippen molar-refractivity contribution in [3.05, 3.63) is 12.2 Å². The van der Waals surface area contributed by atoms with Crippen molar-refractivity contribution >= 4 is 6.40 Å². The first-order valence-corrected chi connectivity index (χ1v) is 6.99. The molecule has 0 saturated heterocycles. The van der Waals surface area contributed by atoms with Crippen LogP contribution in [0, 0.1) is 0 Å². The van der Waals surface area contributed by atoms with Gasteiger partial charge in [-0.3, -0.25) is 9.89 Å². The van der Waals surface area contributed by atoms with Gasteiger partial charge >= 0.3 is 0 Å². The zero-order chi connectivity index (χ0) is 14.0. The molecule has 1 unspecified atom stereocenters. The molecule has 106 valence electrons. The summed E-state index contributed by atoms with van der Waals surface area (Å²) in [6.07, 6.45) is 3.71. The van der Waals surface area contributed by atoms with Gasteiger partial charge in [0.25, 0.3) is 0 Å². The van der Waals surface area contributed by atoms with Gasteiger partial charge in [0.05, 0.1) is 5.54 Å². The Bertz CT molecular complexity index is 263. The van der Waals surface area contributed by atoms with E-state index in [4.69, 9.17) is 4.74 Å². The largest absolute Gasteiger partial charge is 0.482 e. The Morgan fingerprint density at radius 1 is 1.39 bits per heavy atom. The first kappa shape index (κ1) is 17.2. The molecule has 3 heteroatoms. The minimum Gasteiger partial charge on any atom is -0.482 e. The second-order valence-electron chi connectivity index (χ2n) is 5.14. The van der Waals surface area contributed by atoms with Gasteiger partial charge in [-0.05, 0) is 33.2 Å². The maximum Gasteiger partial charge on any atom is 0.169 e. The predicted octanol–water partition coefficient (Wildman–Crippen LogP) is 3.51. The third kappa shape index (κ3) is 6.20. The molecule has 0 heterocycles. The number of hydrogen-bond donors (Lipinski definition) is 0. The molecule has 0 fully saturated rings. The summed E-state index contributed by atoms with van der Waals surface area (Å²) in [5, 5.41) is 0. The molecule has 0 aliphatic carbocycles. The summed E-state index contributed by atoms with van der Waals surface area (Å²) >= 11 is 0. The van der Waals surface area contributed by atoms with E-state index in [1.807, 2.05) is 0 Å². The third-order valence-electron chi connectivity index (χ3n) is 3.26. The Morgan fingerprint density at radius 3 is 2.50 bits per heavy atom. The fourth-order valence-electron chi connectivity index (χ4n) is 1.88. The van der Waals surface area contributed by atoms with Gasteiger partial charge in [0, 0.05) is 13.1 Å². The molecule has 0 rings (SSSR count). The van der Waals surface area contributed by atoms with Crippen molar-refractivity contribution in [2.24, 2.45) is 4.99 Å². The van der Waals surface area contributed by atoms with Crippen LogP contribution in [-0.2, 0) is 4.74 Å². The summed E-state index contributed by atoms with van der Waals surface area (Å²) in [6, 6.07) is 0. The zero-order valence-corrected chi connectivity index (χ0v) is 12.8. The van der Waals surface area contributed by atoms with Crippen LogP contribution in [0.1, 0.15) is 47.5 Å². The fraction of sp³-hybridized carbons (Fsp3) is 0.800. The van der Waals surface area contributed by atoms with Gasteiger partial charge in [-0.1, -0.05) is 32.9 Å². The Labute approximate surface area is 113 Å². The third-order valence-corrected chi connectivity index (χ3v) is 3.26. The highest BCUT2D eigenvalue weighted by molar-refractivity contribution is 5.46. The van der Waals surface area contributed by atoms with E-state index in [9.17, 15) is 0 Å². The second-order valence-corrected chi connectivity index (χ2v) is 5.14. The summed E-state index contributed by atoms with van der Waals surface area (Å²) in [5.74, 6) is 0. The molecule has 0 spiro atoms. The van der Waals surface area contributed by atoms with Gasteiger partial charge in [-0.2, -0.15) is 0 Å². The van der Waals surface area contributed by atoms with Crippen molar-refractivity contribution in [1.29, 1.82) is 0 Å². The van der Waals surface area contributed by atoms with Gasteiger partial charge in [0.15, 0.2) is 6.40 Å². The number of hydrogen-bond acceptors (Lipinski definition) is 3. The highest BCUT2D eigenvalue weighted by atomic mass is 16.5. The predicted molar refractivity (Wildman–Crippen MR) is 80.4 cm³/mol. The van der Waals surface area contributed by atoms with E-state index in [1.54, 1.807) is 6.40 Å². The maximum absolute atomic E-state index is 5.59. The van der Waals surface area contributed by atoms with Crippen LogP contribution in [0.4, 0.5) is 0 Å². The minimum atomic E-state index is 0.0476. The topological polar surface area (TPSA) is 24.8 Å². The normalized spacial score (nSPS) is 15.0. The fourth-order valence-corrected chi connectivity index (χ4v) is 1.88. The van der Waals surface area contributed by atoms with Crippen molar-refractivity contribution in [3.63, 3.8) is 0 Å². The number of likely N-dealkylation sites (N-methyl/N-ethyl adjacent to an activating group) is 1. The minimum absolute atomic E-state index is 0.0476. The molecule has 3 nitrogen and oxygen atoms in total. The first-order chi connectivity index (χ1) is 8.50. The lowest BCUT2D eigenvalue weighted by Gasteiger charge is -2.39. The van der Waals surface area contributed by atoms with E-state index in [0.29, 0.717) is 6.61 Å². The van der Waals surface area contributed by atoms with Crippen molar-refractivity contribution in [3.8, 4) is 0 Å². The second kappa shape index (κ2) is 9.15. The average molecular weight is 254 g/mol. The molecule has 0 N–H and O–H groups in total. The van der Waals surface area contributed by atoms with Crippen molar-refractivity contribution in [2.45, 2.75) is 53.0 Å². The molecule has 0 aromatic rings. The molecule has 1 atom stereocenters. The van der Waals surface area contributed by atoms with Gasteiger partial charge < -0.3 is 4.74 Å². The molecule has 18 heavy (non-hydrogen) atoms. The van der Waals surface area contributed by atoms with Crippen LogP contribution >= 0.6 is 0 Å². The Kier molecular flexibility index (Phi) is 8.73. The molecule has 0 aliphatic heterocycles. The van der Waals surface area contributed by atoms with E-state index in [2.05, 4.69) is 51.1 Å². The van der Waals surface area contributed by atoms with E-state index >= 15 is 0 Å². The summed E-state index contributed by atoms with van der Waals surface area (Å²) < 4.78 is 5.59. The molecule has 0 aliphatic rings. The summed E-state index contributed by atoms with van der Waals surface area (Å²) in [6.45, 7) is 18.3. The summed E-state index contributed by atoms with van der Waals surface area (Å²) in [4.78, 5) is 6.61. The van der Waals surface area contributed by atoms with Gasteiger partial charge in [-0.15, -0.1) is 0 Å². The molecular weight excluding hydrogens is 224 g/mol. The van der Waals surface area contributed by atoms with Gasteiger partial charge in [-0.25, -0.2) is 0 Å². The average Bonchev–Trinajstić information content (AvgIpc) is 2.35. The van der Waals surface area contributed by atoms with Crippen molar-refractivity contribution < 1.29 is 4.74 Å². The summed E-state index contributed by atoms with van der Waals surface area (Å²) in [5.41, 5.74) is 1.24. The smallest absolute Gasteiger partial charge is 0.169 e. The molecule has 0 saturated carbocycles. The molecular formula is C15H30N2O. The van der Waals surface area contributed by atoms with Crippen LogP contribution in [0.3, 0.4) is 0 Å². The van der Waals surface area contributed by atoms with Crippen LogP contribution in [0.5, 0.6) is 0 Å². The molecule has 0 amide bonds. The van der Waals surface area contributed by atoms with Crippen LogP contribution in [0.2, 0.25) is 0 Å². The maximum atomic E-state index is 5.59. The lowest BCUT2D eigenvalue weighted by molar-refractivity contribution is 0.0595. The molecule has 0 aromatic heterocycles. The zero-order valence-electron chi connectivity index (χ0n) is 12.8. The van der Waals surface area contributed by atoms with Crippen LogP contribution in [0.15, 0.2) is 17.1 Å². The number of rotatable bonds is 10.